The quantitative estimate of drug-likeness (QED) is 0.821. The molecular weight excluding hydrogens is 274 g/mol. The molecular formula is C11H16F2N4O3. The van der Waals surface area contributed by atoms with Crippen LogP contribution in [0.3, 0.4) is 0 Å². The molecule has 0 saturated carbocycles. The molecule has 0 aliphatic rings. The minimum absolute atomic E-state index is 0.200. The van der Waals surface area contributed by atoms with Crippen molar-refractivity contribution in [2.75, 3.05) is 6.54 Å². The van der Waals surface area contributed by atoms with Gasteiger partial charge in [0.05, 0.1) is 0 Å². The molecule has 20 heavy (non-hydrogen) atoms. The van der Waals surface area contributed by atoms with Gasteiger partial charge in [-0.05, 0) is 12.8 Å². The zero-order valence-electron chi connectivity index (χ0n) is 11.3. The second-order valence-corrected chi connectivity index (χ2v) is 4.69. The van der Waals surface area contributed by atoms with Crippen molar-refractivity contribution in [2.24, 2.45) is 5.92 Å². The van der Waals surface area contributed by atoms with Gasteiger partial charge < -0.3 is 10.4 Å². The van der Waals surface area contributed by atoms with Crippen LogP contribution in [0.4, 0.5) is 8.78 Å². The van der Waals surface area contributed by atoms with E-state index in [2.05, 4.69) is 15.6 Å². The maximum Gasteiger partial charge on any atom is 0.358 e. The van der Waals surface area contributed by atoms with Crippen molar-refractivity contribution in [3.8, 4) is 0 Å². The average Bonchev–Trinajstić information content (AvgIpc) is 2.79. The van der Waals surface area contributed by atoms with Gasteiger partial charge in [0.1, 0.15) is 11.7 Å². The summed E-state index contributed by atoms with van der Waals surface area (Å²) in [5.74, 6) is -1.94. The summed E-state index contributed by atoms with van der Waals surface area (Å²) in [4.78, 5) is 22.6. The second-order valence-electron chi connectivity index (χ2n) is 4.69. The first-order chi connectivity index (χ1) is 9.25. The van der Waals surface area contributed by atoms with Crippen molar-refractivity contribution in [2.45, 2.75) is 33.2 Å². The van der Waals surface area contributed by atoms with Gasteiger partial charge in [-0.25, -0.2) is 18.3 Å². The number of aromatic nitrogens is 3. The Labute approximate surface area is 114 Å². The van der Waals surface area contributed by atoms with Crippen molar-refractivity contribution in [1.82, 2.24) is 20.3 Å². The first kappa shape index (κ1) is 16.0. The summed E-state index contributed by atoms with van der Waals surface area (Å²) in [5, 5.41) is 17.9. The molecule has 9 heteroatoms. The smallest absolute Gasteiger partial charge is 0.358 e. The number of carbonyl (C=O) groups is 2. The van der Waals surface area contributed by atoms with Gasteiger partial charge >= 0.3 is 5.97 Å². The molecule has 1 heterocycles. The molecule has 0 saturated heterocycles. The van der Waals surface area contributed by atoms with Crippen LogP contribution in [0.2, 0.25) is 0 Å². The number of hydrogen-bond acceptors (Lipinski definition) is 4. The zero-order chi connectivity index (χ0) is 15.4. The van der Waals surface area contributed by atoms with Crippen LogP contribution in [-0.4, -0.2) is 38.5 Å². The van der Waals surface area contributed by atoms with Gasteiger partial charge in [-0.15, -0.1) is 5.10 Å². The predicted molar refractivity (Wildman–Crippen MR) is 64.5 cm³/mol. The number of alkyl halides is 2. The number of carboxylic acid groups (broad SMARTS) is 1. The number of aromatic carboxylic acids is 1. The fourth-order valence-corrected chi connectivity index (χ4v) is 1.51. The lowest BCUT2D eigenvalue weighted by Crippen LogP contribution is -2.34. The molecule has 0 spiro atoms. The van der Waals surface area contributed by atoms with E-state index in [9.17, 15) is 18.4 Å². The van der Waals surface area contributed by atoms with E-state index in [1.54, 1.807) is 0 Å². The van der Waals surface area contributed by atoms with Crippen molar-refractivity contribution >= 4 is 11.9 Å². The number of hydrogen-bond donors (Lipinski definition) is 2. The summed E-state index contributed by atoms with van der Waals surface area (Å²) in [7, 11) is 0. The van der Waals surface area contributed by atoms with E-state index in [0.29, 0.717) is 11.2 Å². The number of carboxylic acids is 1. The van der Waals surface area contributed by atoms with E-state index in [1.165, 1.54) is 6.92 Å². The molecule has 1 atom stereocenters. The Hall–Kier alpha value is -2.06. The summed E-state index contributed by atoms with van der Waals surface area (Å²) in [5.41, 5.74) is -1.71. The monoisotopic (exact) mass is 290 g/mol. The van der Waals surface area contributed by atoms with Crippen molar-refractivity contribution < 1.29 is 23.5 Å². The lowest BCUT2D eigenvalue weighted by molar-refractivity contribution is -0.124. The minimum Gasteiger partial charge on any atom is -0.476 e. The van der Waals surface area contributed by atoms with Gasteiger partial charge in [0.2, 0.25) is 5.91 Å². The van der Waals surface area contributed by atoms with Crippen molar-refractivity contribution in [3.05, 3.63) is 11.4 Å². The Kier molecular flexibility index (Phi) is 5.12. The summed E-state index contributed by atoms with van der Waals surface area (Å²) in [6.07, 6.45) is -3.09. The molecule has 1 amide bonds. The van der Waals surface area contributed by atoms with E-state index in [4.69, 9.17) is 5.11 Å². The fraction of sp³-hybridized carbons (Fsp3) is 0.636. The van der Waals surface area contributed by atoms with Crippen LogP contribution < -0.4 is 5.32 Å². The third-order valence-corrected chi connectivity index (χ3v) is 2.57. The SMILES string of the molecule is CC(C)CNC(=O)C(C)n1nnc(C(=O)O)c1C(F)F. The van der Waals surface area contributed by atoms with Crippen LogP contribution in [0.25, 0.3) is 0 Å². The number of carbonyl (C=O) groups excluding carboxylic acids is 1. The molecule has 0 radical (unpaired) electrons. The van der Waals surface area contributed by atoms with Crippen LogP contribution in [0.1, 0.15) is 49.4 Å². The largest absolute Gasteiger partial charge is 0.476 e. The molecule has 0 aliphatic carbocycles. The maximum atomic E-state index is 12.9. The van der Waals surface area contributed by atoms with Crippen LogP contribution in [0.15, 0.2) is 0 Å². The number of nitrogens with one attached hydrogen (secondary N) is 1. The van der Waals surface area contributed by atoms with Gasteiger partial charge in [0, 0.05) is 6.54 Å². The summed E-state index contributed by atoms with van der Waals surface area (Å²) in [6, 6.07) is -1.07. The number of halogens is 2. The number of nitrogens with zero attached hydrogens (tertiary/aromatic N) is 3. The molecule has 112 valence electrons. The molecule has 0 aromatic carbocycles. The van der Waals surface area contributed by atoms with Crippen molar-refractivity contribution in [3.63, 3.8) is 0 Å². The molecule has 2 N–H and O–H groups in total. The Morgan fingerprint density at radius 2 is 1.95 bits per heavy atom. The topological polar surface area (TPSA) is 97.1 Å². The van der Waals surface area contributed by atoms with Crippen LogP contribution in [-0.2, 0) is 4.79 Å². The summed E-state index contributed by atoms with van der Waals surface area (Å²) in [6.45, 7) is 5.50. The second kappa shape index (κ2) is 6.40. The molecule has 1 aromatic heterocycles. The molecule has 1 rings (SSSR count). The van der Waals surface area contributed by atoms with Crippen LogP contribution in [0, 0.1) is 5.92 Å². The number of amides is 1. The molecule has 0 bridgehead atoms. The van der Waals surface area contributed by atoms with E-state index >= 15 is 0 Å². The van der Waals surface area contributed by atoms with Gasteiger partial charge in [0.25, 0.3) is 6.43 Å². The van der Waals surface area contributed by atoms with E-state index < -0.39 is 35.7 Å². The minimum atomic E-state index is -3.09. The Morgan fingerprint density at radius 3 is 2.40 bits per heavy atom. The Morgan fingerprint density at radius 1 is 1.35 bits per heavy atom. The standard InChI is InChI=1S/C11H16F2N4O3/c1-5(2)4-14-10(18)6(3)17-8(9(12)13)7(11(19)20)15-16-17/h5-6,9H,4H2,1-3H3,(H,14,18)(H,19,20). The van der Waals surface area contributed by atoms with Crippen molar-refractivity contribution in [1.29, 1.82) is 0 Å². The van der Waals surface area contributed by atoms with E-state index in [1.807, 2.05) is 13.8 Å². The normalized spacial score (nSPS) is 12.8. The highest BCUT2D eigenvalue weighted by molar-refractivity contribution is 5.87. The van der Waals surface area contributed by atoms with Gasteiger partial charge in [-0.1, -0.05) is 19.1 Å². The van der Waals surface area contributed by atoms with Gasteiger partial charge in [0.15, 0.2) is 5.69 Å². The first-order valence-corrected chi connectivity index (χ1v) is 5.99. The highest BCUT2D eigenvalue weighted by Crippen LogP contribution is 2.24. The Bertz CT molecular complexity index is 502. The highest BCUT2D eigenvalue weighted by atomic mass is 19.3. The predicted octanol–water partition coefficient (Wildman–Crippen LogP) is 1.25. The van der Waals surface area contributed by atoms with E-state index in [0.717, 1.165) is 0 Å². The number of rotatable bonds is 6. The Balaban J connectivity index is 3.01. The molecule has 1 aromatic rings. The highest BCUT2D eigenvalue weighted by Gasteiger charge is 2.30. The summed E-state index contributed by atoms with van der Waals surface area (Å²) >= 11 is 0. The fourth-order valence-electron chi connectivity index (χ4n) is 1.51. The van der Waals surface area contributed by atoms with Crippen LogP contribution >= 0.6 is 0 Å². The van der Waals surface area contributed by atoms with Gasteiger partial charge in [-0.3, -0.25) is 4.79 Å². The first-order valence-electron chi connectivity index (χ1n) is 5.99. The molecule has 1 unspecified atom stereocenters. The average molecular weight is 290 g/mol. The van der Waals surface area contributed by atoms with Gasteiger partial charge in [-0.2, -0.15) is 0 Å². The summed E-state index contributed by atoms with van der Waals surface area (Å²) < 4.78 is 26.5. The molecule has 7 nitrogen and oxygen atoms in total. The lowest BCUT2D eigenvalue weighted by atomic mass is 10.2. The van der Waals surface area contributed by atoms with Crippen LogP contribution in [0.5, 0.6) is 0 Å². The third kappa shape index (κ3) is 3.49. The molecule has 0 aliphatic heterocycles. The lowest BCUT2D eigenvalue weighted by Gasteiger charge is -2.15. The zero-order valence-corrected chi connectivity index (χ0v) is 11.3. The van der Waals surface area contributed by atoms with E-state index in [-0.39, 0.29) is 5.92 Å². The third-order valence-electron chi connectivity index (χ3n) is 2.57. The molecule has 0 fully saturated rings. The maximum absolute atomic E-state index is 12.9.